The van der Waals surface area contributed by atoms with Gasteiger partial charge in [-0.3, -0.25) is 5.01 Å². The molecule has 1 unspecified atom stereocenters. The maximum atomic E-state index is 5.65. The van der Waals surface area contributed by atoms with Crippen LogP contribution in [-0.2, 0) is 13.0 Å². The summed E-state index contributed by atoms with van der Waals surface area (Å²) in [6, 6.07) is 23.1. The van der Waals surface area contributed by atoms with Gasteiger partial charge in [0.15, 0.2) is 0 Å². The lowest BCUT2D eigenvalue weighted by atomic mass is 10.0. The summed E-state index contributed by atoms with van der Waals surface area (Å²) in [5, 5.41) is 5.62. The Morgan fingerprint density at radius 1 is 1.00 bits per heavy atom. The third kappa shape index (κ3) is 3.23. The molecular formula is C23H21N3OS. The zero-order valence-electron chi connectivity index (χ0n) is 15.7. The predicted octanol–water partition coefficient (Wildman–Crippen LogP) is 5.64. The van der Waals surface area contributed by atoms with Gasteiger partial charge in [-0.05, 0) is 42.3 Å². The number of thiazole rings is 1. The molecule has 1 aliphatic rings. The minimum atomic E-state index is 0.235. The van der Waals surface area contributed by atoms with Gasteiger partial charge in [-0.2, -0.15) is 0 Å². The van der Waals surface area contributed by atoms with Crippen molar-refractivity contribution in [3.05, 3.63) is 96.1 Å². The molecule has 2 aromatic heterocycles. The number of rotatable bonds is 5. The van der Waals surface area contributed by atoms with Crippen molar-refractivity contribution >= 4 is 26.7 Å². The van der Waals surface area contributed by atoms with E-state index in [0.717, 1.165) is 29.4 Å². The van der Waals surface area contributed by atoms with Crippen molar-refractivity contribution in [2.24, 2.45) is 0 Å². The van der Waals surface area contributed by atoms with Gasteiger partial charge in [0, 0.05) is 19.2 Å². The number of para-hydroxylation sites is 1. The predicted molar refractivity (Wildman–Crippen MR) is 114 cm³/mol. The smallest absolute Gasteiger partial charge is 0.205 e. The number of furan rings is 1. The Morgan fingerprint density at radius 2 is 1.82 bits per heavy atom. The van der Waals surface area contributed by atoms with Crippen LogP contribution in [0.5, 0.6) is 0 Å². The Morgan fingerprint density at radius 3 is 2.61 bits per heavy atom. The molecule has 4 nitrogen and oxygen atoms in total. The molecule has 0 bridgehead atoms. The maximum absolute atomic E-state index is 5.65. The van der Waals surface area contributed by atoms with Gasteiger partial charge in [0.25, 0.3) is 0 Å². The molecule has 0 aliphatic carbocycles. The molecule has 2 aromatic carbocycles. The van der Waals surface area contributed by atoms with E-state index in [1.807, 2.05) is 18.2 Å². The van der Waals surface area contributed by atoms with E-state index in [-0.39, 0.29) is 6.04 Å². The van der Waals surface area contributed by atoms with Crippen molar-refractivity contribution in [3.63, 3.8) is 0 Å². The van der Waals surface area contributed by atoms with Gasteiger partial charge in [0.1, 0.15) is 5.76 Å². The highest BCUT2D eigenvalue weighted by Crippen LogP contribution is 2.36. The molecule has 0 spiro atoms. The third-order valence-corrected chi connectivity index (χ3v) is 6.15. The fraction of sp³-hybridized carbons (Fsp3) is 0.174. The molecule has 1 aliphatic heterocycles. The first-order valence-corrected chi connectivity index (χ1v) is 10.3. The van der Waals surface area contributed by atoms with E-state index in [4.69, 9.17) is 9.40 Å². The normalized spacial score (nSPS) is 17.4. The molecule has 0 N–H and O–H groups in total. The number of benzene rings is 2. The largest absolute Gasteiger partial charge is 0.469 e. The van der Waals surface area contributed by atoms with Crippen LogP contribution in [0, 0.1) is 0 Å². The number of hydrazine groups is 1. The zero-order chi connectivity index (χ0) is 18.9. The first kappa shape index (κ1) is 17.2. The lowest BCUT2D eigenvalue weighted by Gasteiger charge is -2.32. The van der Waals surface area contributed by atoms with E-state index in [1.165, 1.54) is 15.8 Å². The van der Waals surface area contributed by atoms with E-state index >= 15 is 0 Å². The second-order valence-electron chi connectivity index (χ2n) is 7.06. The Balaban J connectivity index is 1.52. The van der Waals surface area contributed by atoms with Gasteiger partial charge in [0.2, 0.25) is 5.13 Å². The molecule has 28 heavy (non-hydrogen) atoms. The summed E-state index contributed by atoms with van der Waals surface area (Å²) >= 11 is 1.73. The van der Waals surface area contributed by atoms with E-state index < -0.39 is 0 Å². The molecule has 0 saturated heterocycles. The fourth-order valence-corrected chi connectivity index (χ4v) is 4.66. The van der Waals surface area contributed by atoms with Gasteiger partial charge in [0.05, 0.1) is 22.5 Å². The Kier molecular flexibility index (Phi) is 4.47. The number of aromatic nitrogens is 1. The molecule has 0 saturated carbocycles. The summed E-state index contributed by atoms with van der Waals surface area (Å²) in [6.07, 6.45) is 4.80. The van der Waals surface area contributed by atoms with Crippen molar-refractivity contribution in [1.82, 2.24) is 9.99 Å². The number of hydrogen-bond donors (Lipinski definition) is 0. The van der Waals surface area contributed by atoms with Gasteiger partial charge >= 0.3 is 0 Å². The summed E-state index contributed by atoms with van der Waals surface area (Å²) < 4.78 is 6.85. The summed E-state index contributed by atoms with van der Waals surface area (Å²) in [6.45, 7) is 3.01. The van der Waals surface area contributed by atoms with Crippen molar-refractivity contribution in [3.8, 4) is 0 Å². The molecule has 0 radical (unpaired) electrons. The molecule has 3 heterocycles. The quantitative estimate of drug-likeness (QED) is 0.443. The molecule has 0 fully saturated rings. The minimum absolute atomic E-state index is 0.235. The molecule has 4 aromatic rings. The second kappa shape index (κ2) is 7.26. The number of anilines is 1. The van der Waals surface area contributed by atoms with Gasteiger partial charge in [-0.25, -0.2) is 9.99 Å². The Bertz CT molecular complexity index is 1070. The highest BCUT2D eigenvalue weighted by molar-refractivity contribution is 7.22. The highest BCUT2D eigenvalue weighted by Gasteiger charge is 2.34. The average Bonchev–Trinajstić information content (AvgIpc) is 3.44. The summed E-state index contributed by atoms with van der Waals surface area (Å²) in [7, 11) is 0. The van der Waals surface area contributed by atoms with Crippen LogP contribution in [0.3, 0.4) is 0 Å². The van der Waals surface area contributed by atoms with Crippen molar-refractivity contribution in [2.45, 2.75) is 25.9 Å². The van der Waals surface area contributed by atoms with Gasteiger partial charge < -0.3 is 4.42 Å². The topological polar surface area (TPSA) is 32.5 Å². The van der Waals surface area contributed by atoms with E-state index in [0.29, 0.717) is 0 Å². The third-order valence-electron chi connectivity index (χ3n) is 5.13. The maximum Gasteiger partial charge on any atom is 0.205 e. The van der Waals surface area contributed by atoms with Crippen LogP contribution in [0.15, 0.2) is 89.2 Å². The van der Waals surface area contributed by atoms with Crippen molar-refractivity contribution in [1.29, 1.82) is 0 Å². The Hall–Kier alpha value is -2.89. The first-order chi connectivity index (χ1) is 13.8. The number of nitrogens with zero attached hydrogens (tertiary/aromatic N) is 3. The lowest BCUT2D eigenvalue weighted by Crippen LogP contribution is -2.42. The van der Waals surface area contributed by atoms with Crippen LogP contribution in [0.4, 0.5) is 5.13 Å². The van der Waals surface area contributed by atoms with Gasteiger partial charge in [-0.15, -0.1) is 0 Å². The van der Waals surface area contributed by atoms with Crippen molar-refractivity contribution < 1.29 is 4.42 Å². The zero-order valence-corrected chi connectivity index (χ0v) is 16.5. The molecule has 0 amide bonds. The van der Waals surface area contributed by atoms with Crippen LogP contribution in [0.2, 0.25) is 0 Å². The van der Waals surface area contributed by atoms with Crippen molar-refractivity contribution in [2.75, 3.05) is 5.01 Å². The summed E-state index contributed by atoms with van der Waals surface area (Å²) in [5.74, 6) is 1.00. The van der Waals surface area contributed by atoms with E-state index in [9.17, 15) is 0 Å². The molecular weight excluding hydrogens is 366 g/mol. The Labute approximate surface area is 168 Å². The first-order valence-electron chi connectivity index (χ1n) is 9.44. The van der Waals surface area contributed by atoms with Crippen LogP contribution >= 0.6 is 11.3 Å². The number of hydrogen-bond acceptors (Lipinski definition) is 5. The molecule has 5 rings (SSSR count). The minimum Gasteiger partial charge on any atom is -0.469 e. The molecule has 1 atom stereocenters. The monoisotopic (exact) mass is 387 g/mol. The average molecular weight is 388 g/mol. The standard InChI is InChI=1S/C23H21N3OS/c1-17-15-26(23-24-20-11-5-6-12-22(20)28-23)25(16-18-8-3-2-4-9-18)21(17)14-19-10-7-13-27-19/h2-13,15,21H,14,16H2,1H3. The summed E-state index contributed by atoms with van der Waals surface area (Å²) in [4.78, 5) is 4.89. The number of fused-ring (bicyclic) bond motifs is 1. The highest BCUT2D eigenvalue weighted by atomic mass is 32.1. The fourth-order valence-electron chi connectivity index (χ4n) is 3.70. The summed E-state index contributed by atoms with van der Waals surface area (Å²) in [5.41, 5.74) is 3.63. The van der Waals surface area contributed by atoms with Crippen LogP contribution < -0.4 is 5.01 Å². The molecule has 5 heteroatoms. The molecule has 140 valence electrons. The van der Waals surface area contributed by atoms with E-state index in [1.54, 1.807) is 17.6 Å². The lowest BCUT2D eigenvalue weighted by molar-refractivity contribution is 0.224. The van der Waals surface area contributed by atoms with Crippen LogP contribution in [-0.4, -0.2) is 16.0 Å². The van der Waals surface area contributed by atoms with E-state index in [2.05, 4.69) is 71.7 Å². The SMILES string of the molecule is CC1=CN(c2nc3ccccc3s2)N(Cc2ccccc2)C1Cc1ccco1. The van der Waals surface area contributed by atoms with Crippen LogP contribution in [0.25, 0.3) is 10.2 Å². The van der Waals surface area contributed by atoms with Crippen LogP contribution in [0.1, 0.15) is 18.2 Å². The second-order valence-corrected chi connectivity index (χ2v) is 8.07. The van der Waals surface area contributed by atoms with Gasteiger partial charge in [-0.1, -0.05) is 53.8 Å².